The summed E-state index contributed by atoms with van der Waals surface area (Å²) < 4.78 is 10.5. The van der Waals surface area contributed by atoms with Crippen LogP contribution in [0, 0.1) is 0 Å². The molecule has 0 amide bonds. The monoisotopic (exact) mass is 237 g/mol. The molecule has 0 radical (unpaired) electrons. The summed E-state index contributed by atoms with van der Waals surface area (Å²) in [6.45, 7) is 5.34. The number of likely N-dealkylation sites (N-methyl/N-ethyl adjacent to an activating group) is 1. The lowest BCUT2D eigenvalue weighted by atomic mass is 10.0. The zero-order valence-electron chi connectivity index (χ0n) is 11.2. The molecule has 0 aromatic heterocycles. The van der Waals surface area contributed by atoms with Crippen molar-refractivity contribution in [1.82, 2.24) is 5.32 Å². The van der Waals surface area contributed by atoms with Gasteiger partial charge in [0.15, 0.2) is 11.5 Å². The fourth-order valence-electron chi connectivity index (χ4n) is 1.94. The first-order valence-corrected chi connectivity index (χ1v) is 6.19. The average molecular weight is 237 g/mol. The summed E-state index contributed by atoms with van der Waals surface area (Å²) in [6.07, 6.45) is 2.15. The van der Waals surface area contributed by atoms with Crippen molar-refractivity contribution in [3.8, 4) is 11.5 Å². The number of hydrogen-bond donors (Lipinski definition) is 1. The first-order chi connectivity index (χ1) is 8.24. The van der Waals surface area contributed by atoms with E-state index < -0.39 is 0 Å². The summed E-state index contributed by atoms with van der Waals surface area (Å²) in [4.78, 5) is 0. The SMILES string of the molecule is CCNC(CC)Cc1ccc(OC)c(OC)c1. The highest BCUT2D eigenvalue weighted by molar-refractivity contribution is 5.43. The van der Waals surface area contributed by atoms with E-state index >= 15 is 0 Å². The van der Waals surface area contributed by atoms with Gasteiger partial charge in [0.1, 0.15) is 0 Å². The predicted molar refractivity (Wildman–Crippen MR) is 71.0 cm³/mol. The molecular weight excluding hydrogens is 214 g/mol. The quantitative estimate of drug-likeness (QED) is 0.791. The van der Waals surface area contributed by atoms with Crippen LogP contribution in [0.4, 0.5) is 0 Å². The maximum Gasteiger partial charge on any atom is 0.160 e. The van der Waals surface area contributed by atoms with Crippen molar-refractivity contribution in [3.63, 3.8) is 0 Å². The van der Waals surface area contributed by atoms with Gasteiger partial charge in [-0.25, -0.2) is 0 Å². The van der Waals surface area contributed by atoms with Crippen LogP contribution in [0.15, 0.2) is 18.2 Å². The number of benzene rings is 1. The molecule has 1 rings (SSSR count). The molecule has 96 valence electrons. The zero-order valence-corrected chi connectivity index (χ0v) is 11.2. The lowest BCUT2D eigenvalue weighted by Gasteiger charge is -2.16. The molecule has 0 saturated heterocycles. The maximum absolute atomic E-state index is 5.31. The second-order valence-electron chi connectivity index (χ2n) is 4.06. The Morgan fingerprint density at radius 2 is 1.82 bits per heavy atom. The van der Waals surface area contributed by atoms with E-state index in [1.165, 1.54) is 5.56 Å². The van der Waals surface area contributed by atoms with Gasteiger partial charge in [-0.1, -0.05) is 19.9 Å². The molecule has 1 aromatic rings. The Kier molecular flexibility index (Phi) is 5.84. The van der Waals surface area contributed by atoms with Gasteiger partial charge in [0.2, 0.25) is 0 Å². The van der Waals surface area contributed by atoms with Gasteiger partial charge < -0.3 is 14.8 Å². The molecule has 1 aromatic carbocycles. The predicted octanol–water partition coefficient (Wildman–Crippen LogP) is 2.63. The van der Waals surface area contributed by atoms with E-state index in [0.717, 1.165) is 30.9 Å². The molecule has 0 saturated carbocycles. The summed E-state index contributed by atoms with van der Waals surface area (Å²) in [5, 5.41) is 3.47. The molecule has 0 spiro atoms. The Balaban J connectivity index is 2.77. The summed E-state index contributed by atoms with van der Waals surface area (Å²) in [6, 6.07) is 6.64. The highest BCUT2D eigenvalue weighted by Gasteiger charge is 2.09. The second-order valence-corrected chi connectivity index (χ2v) is 4.06. The zero-order chi connectivity index (χ0) is 12.7. The molecule has 1 unspecified atom stereocenters. The molecule has 1 atom stereocenters. The maximum atomic E-state index is 5.31. The van der Waals surface area contributed by atoms with Crippen molar-refractivity contribution < 1.29 is 9.47 Å². The molecule has 3 nitrogen and oxygen atoms in total. The molecule has 0 fully saturated rings. The van der Waals surface area contributed by atoms with Crippen molar-refractivity contribution in [1.29, 1.82) is 0 Å². The minimum Gasteiger partial charge on any atom is -0.493 e. The van der Waals surface area contributed by atoms with E-state index in [0.29, 0.717) is 6.04 Å². The number of nitrogens with one attached hydrogen (secondary N) is 1. The number of methoxy groups -OCH3 is 2. The molecule has 3 heteroatoms. The van der Waals surface area contributed by atoms with Crippen LogP contribution in [-0.2, 0) is 6.42 Å². The molecule has 0 aliphatic heterocycles. The van der Waals surface area contributed by atoms with E-state index in [4.69, 9.17) is 9.47 Å². The number of ether oxygens (including phenoxy) is 2. The lowest BCUT2D eigenvalue weighted by molar-refractivity contribution is 0.354. The van der Waals surface area contributed by atoms with Crippen LogP contribution in [0.2, 0.25) is 0 Å². The largest absolute Gasteiger partial charge is 0.493 e. The molecule has 0 heterocycles. The molecular formula is C14H23NO2. The van der Waals surface area contributed by atoms with E-state index in [2.05, 4.69) is 31.3 Å². The molecule has 0 aliphatic rings. The Morgan fingerprint density at radius 3 is 2.35 bits per heavy atom. The standard InChI is InChI=1S/C14H23NO2/c1-5-12(15-6-2)9-11-7-8-13(16-3)14(10-11)17-4/h7-8,10,12,15H,5-6,9H2,1-4H3. The van der Waals surface area contributed by atoms with Crippen molar-refractivity contribution in [3.05, 3.63) is 23.8 Å². The second kappa shape index (κ2) is 7.17. The van der Waals surface area contributed by atoms with E-state index in [1.807, 2.05) is 6.07 Å². The fraction of sp³-hybridized carbons (Fsp3) is 0.571. The van der Waals surface area contributed by atoms with E-state index in [-0.39, 0.29) is 0 Å². The third-order valence-electron chi connectivity index (χ3n) is 2.92. The van der Waals surface area contributed by atoms with E-state index in [9.17, 15) is 0 Å². The highest BCUT2D eigenvalue weighted by atomic mass is 16.5. The smallest absolute Gasteiger partial charge is 0.160 e. The Morgan fingerprint density at radius 1 is 1.12 bits per heavy atom. The van der Waals surface area contributed by atoms with Crippen molar-refractivity contribution >= 4 is 0 Å². The minimum absolute atomic E-state index is 0.526. The van der Waals surface area contributed by atoms with Gasteiger partial charge >= 0.3 is 0 Å². The Hall–Kier alpha value is -1.22. The van der Waals surface area contributed by atoms with Gasteiger partial charge in [-0.3, -0.25) is 0 Å². The topological polar surface area (TPSA) is 30.5 Å². The van der Waals surface area contributed by atoms with Crippen LogP contribution in [0.1, 0.15) is 25.8 Å². The van der Waals surface area contributed by atoms with Gasteiger partial charge in [0.05, 0.1) is 14.2 Å². The number of hydrogen-bond acceptors (Lipinski definition) is 3. The average Bonchev–Trinajstić information content (AvgIpc) is 2.38. The van der Waals surface area contributed by atoms with Crippen LogP contribution < -0.4 is 14.8 Å². The van der Waals surface area contributed by atoms with Gasteiger partial charge in [-0.15, -0.1) is 0 Å². The van der Waals surface area contributed by atoms with Crippen LogP contribution in [-0.4, -0.2) is 26.8 Å². The van der Waals surface area contributed by atoms with Crippen LogP contribution in [0.5, 0.6) is 11.5 Å². The lowest BCUT2D eigenvalue weighted by Crippen LogP contribution is -2.30. The van der Waals surface area contributed by atoms with Crippen LogP contribution in [0.3, 0.4) is 0 Å². The third kappa shape index (κ3) is 3.93. The molecule has 0 bridgehead atoms. The number of rotatable bonds is 7. The third-order valence-corrected chi connectivity index (χ3v) is 2.92. The Bertz CT molecular complexity index is 339. The first kappa shape index (κ1) is 13.8. The van der Waals surface area contributed by atoms with Gasteiger partial charge in [-0.2, -0.15) is 0 Å². The molecule has 1 N–H and O–H groups in total. The summed E-state index contributed by atoms with van der Waals surface area (Å²) in [5.74, 6) is 1.59. The van der Waals surface area contributed by atoms with Crippen LogP contribution in [0.25, 0.3) is 0 Å². The minimum atomic E-state index is 0.526. The van der Waals surface area contributed by atoms with Gasteiger partial charge in [0, 0.05) is 6.04 Å². The molecule has 17 heavy (non-hydrogen) atoms. The Labute approximate surface area is 104 Å². The van der Waals surface area contributed by atoms with E-state index in [1.54, 1.807) is 14.2 Å². The fourth-order valence-corrected chi connectivity index (χ4v) is 1.94. The van der Waals surface area contributed by atoms with Crippen LogP contribution >= 0.6 is 0 Å². The van der Waals surface area contributed by atoms with Gasteiger partial charge in [-0.05, 0) is 37.1 Å². The van der Waals surface area contributed by atoms with Crippen molar-refractivity contribution in [2.24, 2.45) is 0 Å². The van der Waals surface area contributed by atoms with Gasteiger partial charge in [0.25, 0.3) is 0 Å². The van der Waals surface area contributed by atoms with Crippen molar-refractivity contribution in [2.75, 3.05) is 20.8 Å². The summed E-state index contributed by atoms with van der Waals surface area (Å²) in [7, 11) is 3.33. The first-order valence-electron chi connectivity index (χ1n) is 6.19. The molecule has 0 aliphatic carbocycles. The normalized spacial score (nSPS) is 12.2. The summed E-state index contributed by atoms with van der Waals surface area (Å²) >= 11 is 0. The van der Waals surface area contributed by atoms with Crippen molar-refractivity contribution in [2.45, 2.75) is 32.7 Å². The summed E-state index contributed by atoms with van der Waals surface area (Å²) in [5.41, 5.74) is 1.27. The highest BCUT2D eigenvalue weighted by Crippen LogP contribution is 2.28.